The quantitative estimate of drug-likeness (QED) is 0.591. The van der Waals surface area contributed by atoms with Crippen LogP contribution < -0.4 is 5.32 Å². The highest BCUT2D eigenvalue weighted by atomic mass is 16.4. The summed E-state index contributed by atoms with van der Waals surface area (Å²) in [5, 5.41) is 12.0. The van der Waals surface area contributed by atoms with Crippen molar-refractivity contribution in [1.29, 1.82) is 0 Å². The van der Waals surface area contributed by atoms with E-state index in [0.29, 0.717) is 11.5 Å². The van der Waals surface area contributed by atoms with Crippen molar-refractivity contribution in [3.8, 4) is 0 Å². The average molecular weight is 220 g/mol. The molecule has 0 aliphatic carbocycles. The van der Waals surface area contributed by atoms with Crippen molar-refractivity contribution in [2.24, 2.45) is 0 Å². The molecule has 1 heterocycles. The van der Waals surface area contributed by atoms with Gasteiger partial charge >= 0.3 is 5.97 Å². The number of carboxylic acids is 1. The van der Waals surface area contributed by atoms with Crippen molar-refractivity contribution in [1.82, 2.24) is 4.98 Å². The van der Waals surface area contributed by atoms with Crippen LogP contribution in [0.1, 0.15) is 29.4 Å². The van der Waals surface area contributed by atoms with E-state index in [-0.39, 0.29) is 5.56 Å². The fraction of sp³-hybridized carbons (Fsp3) is 0.333. The van der Waals surface area contributed by atoms with Crippen LogP contribution in [0.2, 0.25) is 0 Å². The van der Waals surface area contributed by atoms with E-state index in [9.17, 15) is 4.79 Å². The molecule has 0 aliphatic heterocycles. The number of carbonyl (C=O) groups is 1. The first-order chi connectivity index (χ1) is 7.65. The molecule has 2 N–H and O–H groups in total. The van der Waals surface area contributed by atoms with Gasteiger partial charge in [0.1, 0.15) is 5.82 Å². The lowest BCUT2D eigenvalue weighted by molar-refractivity contribution is 0.0695. The maximum atomic E-state index is 10.8. The van der Waals surface area contributed by atoms with E-state index in [1.165, 1.54) is 0 Å². The Hall–Kier alpha value is -1.84. The summed E-state index contributed by atoms with van der Waals surface area (Å²) >= 11 is 0. The van der Waals surface area contributed by atoms with Crippen LogP contribution in [0.4, 0.5) is 5.82 Å². The second-order valence-corrected chi connectivity index (χ2v) is 3.42. The molecule has 0 fully saturated rings. The van der Waals surface area contributed by atoms with Crippen LogP contribution in [0.25, 0.3) is 0 Å². The number of nitrogens with one attached hydrogen (secondary N) is 1. The minimum atomic E-state index is -0.939. The van der Waals surface area contributed by atoms with Crippen LogP contribution in [-0.4, -0.2) is 22.6 Å². The molecule has 0 radical (unpaired) electrons. The largest absolute Gasteiger partial charge is 0.478 e. The number of allylic oxidation sites excluding steroid dienone is 1. The number of aromatic carboxylic acids is 1. The van der Waals surface area contributed by atoms with Gasteiger partial charge in [-0.25, -0.2) is 9.78 Å². The molecule has 0 saturated carbocycles. The van der Waals surface area contributed by atoms with Crippen molar-refractivity contribution < 1.29 is 9.90 Å². The summed E-state index contributed by atoms with van der Waals surface area (Å²) in [7, 11) is 0. The van der Waals surface area contributed by atoms with Gasteiger partial charge in [-0.05, 0) is 32.4 Å². The average Bonchev–Trinajstić information content (AvgIpc) is 2.24. The molecule has 0 bridgehead atoms. The first-order valence-electron chi connectivity index (χ1n) is 5.21. The Morgan fingerprint density at radius 1 is 1.56 bits per heavy atom. The van der Waals surface area contributed by atoms with E-state index in [0.717, 1.165) is 13.0 Å². The first kappa shape index (κ1) is 12.2. The van der Waals surface area contributed by atoms with Crippen molar-refractivity contribution >= 4 is 11.8 Å². The van der Waals surface area contributed by atoms with E-state index in [2.05, 4.69) is 16.4 Å². The lowest BCUT2D eigenvalue weighted by Gasteiger charge is -2.06. The maximum Gasteiger partial charge on any atom is 0.337 e. The summed E-state index contributed by atoms with van der Waals surface area (Å²) in [6.45, 7) is 4.47. The van der Waals surface area contributed by atoms with Crippen LogP contribution in [0.3, 0.4) is 0 Å². The lowest BCUT2D eigenvalue weighted by Crippen LogP contribution is -2.06. The molecule has 0 aliphatic rings. The Labute approximate surface area is 95.0 Å². The summed E-state index contributed by atoms with van der Waals surface area (Å²) in [4.78, 5) is 14.9. The van der Waals surface area contributed by atoms with E-state index in [4.69, 9.17) is 5.11 Å². The molecule has 1 aromatic rings. The number of aromatic nitrogens is 1. The van der Waals surface area contributed by atoms with Gasteiger partial charge in [-0.3, -0.25) is 0 Å². The molecule has 1 rings (SSSR count). The molecular formula is C12H16N2O2. The summed E-state index contributed by atoms with van der Waals surface area (Å²) in [5.74, 6) is -0.225. The fourth-order valence-electron chi connectivity index (χ4n) is 1.34. The van der Waals surface area contributed by atoms with E-state index < -0.39 is 5.97 Å². The number of carboxylic acid groups (broad SMARTS) is 1. The second kappa shape index (κ2) is 5.90. The summed E-state index contributed by atoms with van der Waals surface area (Å²) in [5.41, 5.74) is 0.780. The number of hydrogen-bond donors (Lipinski definition) is 2. The van der Waals surface area contributed by atoms with Gasteiger partial charge in [0.05, 0.1) is 11.3 Å². The Bertz CT molecular complexity index is 400. The van der Waals surface area contributed by atoms with Crippen LogP contribution >= 0.6 is 0 Å². The van der Waals surface area contributed by atoms with Crippen LogP contribution in [0, 0.1) is 6.92 Å². The van der Waals surface area contributed by atoms with Gasteiger partial charge in [0, 0.05) is 6.54 Å². The molecule has 0 unspecified atom stereocenters. The van der Waals surface area contributed by atoms with Crippen LogP contribution in [0.5, 0.6) is 0 Å². The molecule has 0 atom stereocenters. The molecule has 16 heavy (non-hydrogen) atoms. The van der Waals surface area contributed by atoms with Gasteiger partial charge < -0.3 is 10.4 Å². The van der Waals surface area contributed by atoms with E-state index in [1.54, 1.807) is 19.1 Å². The normalized spacial score (nSPS) is 10.6. The summed E-state index contributed by atoms with van der Waals surface area (Å²) < 4.78 is 0. The Kier molecular flexibility index (Phi) is 4.51. The van der Waals surface area contributed by atoms with Gasteiger partial charge in [0.2, 0.25) is 0 Å². The van der Waals surface area contributed by atoms with Gasteiger partial charge in [0.15, 0.2) is 0 Å². The SMILES string of the molecule is C/C=C/CCNc1ccc(C(=O)O)c(C)n1. The monoisotopic (exact) mass is 220 g/mol. The smallest absolute Gasteiger partial charge is 0.337 e. The van der Waals surface area contributed by atoms with Crippen LogP contribution in [0.15, 0.2) is 24.3 Å². The Morgan fingerprint density at radius 2 is 2.31 bits per heavy atom. The highest BCUT2D eigenvalue weighted by Crippen LogP contribution is 2.10. The molecule has 4 nitrogen and oxygen atoms in total. The predicted molar refractivity (Wildman–Crippen MR) is 63.9 cm³/mol. The molecule has 0 aromatic carbocycles. The predicted octanol–water partition coefficient (Wildman–Crippen LogP) is 2.47. The van der Waals surface area contributed by atoms with Gasteiger partial charge in [-0.2, -0.15) is 0 Å². The minimum absolute atomic E-state index is 0.249. The first-order valence-corrected chi connectivity index (χ1v) is 5.21. The van der Waals surface area contributed by atoms with Gasteiger partial charge in [0.25, 0.3) is 0 Å². The number of rotatable bonds is 5. The molecule has 86 valence electrons. The molecule has 1 aromatic heterocycles. The zero-order chi connectivity index (χ0) is 12.0. The number of hydrogen-bond acceptors (Lipinski definition) is 3. The molecule has 4 heteroatoms. The zero-order valence-corrected chi connectivity index (χ0v) is 9.53. The Balaban J connectivity index is 2.63. The van der Waals surface area contributed by atoms with Crippen molar-refractivity contribution in [3.05, 3.63) is 35.5 Å². The molecule has 0 saturated heterocycles. The molecule has 0 spiro atoms. The van der Waals surface area contributed by atoms with Gasteiger partial charge in [-0.15, -0.1) is 0 Å². The van der Waals surface area contributed by atoms with Crippen molar-refractivity contribution in [3.63, 3.8) is 0 Å². The third-order valence-electron chi connectivity index (χ3n) is 2.17. The van der Waals surface area contributed by atoms with Gasteiger partial charge in [-0.1, -0.05) is 12.2 Å². The van der Waals surface area contributed by atoms with E-state index in [1.807, 2.05) is 13.0 Å². The highest BCUT2D eigenvalue weighted by Gasteiger charge is 2.07. The lowest BCUT2D eigenvalue weighted by atomic mass is 10.2. The minimum Gasteiger partial charge on any atom is -0.478 e. The fourth-order valence-corrected chi connectivity index (χ4v) is 1.34. The molecule has 0 amide bonds. The Morgan fingerprint density at radius 3 is 2.88 bits per heavy atom. The third-order valence-corrected chi connectivity index (χ3v) is 2.17. The standard InChI is InChI=1S/C12H16N2O2/c1-3-4-5-8-13-11-7-6-10(12(15)16)9(2)14-11/h3-4,6-7H,5,8H2,1-2H3,(H,13,14)(H,15,16)/b4-3+. The van der Waals surface area contributed by atoms with Crippen molar-refractivity contribution in [2.45, 2.75) is 20.3 Å². The topological polar surface area (TPSA) is 62.2 Å². The second-order valence-electron chi connectivity index (χ2n) is 3.42. The third kappa shape index (κ3) is 3.38. The summed E-state index contributed by atoms with van der Waals surface area (Å²) in [6.07, 6.45) is 4.98. The maximum absolute atomic E-state index is 10.8. The number of anilines is 1. The number of pyridine rings is 1. The molecular weight excluding hydrogens is 204 g/mol. The zero-order valence-electron chi connectivity index (χ0n) is 9.53. The highest BCUT2D eigenvalue weighted by molar-refractivity contribution is 5.89. The van der Waals surface area contributed by atoms with E-state index >= 15 is 0 Å². The number of nitrogens with zero attached hydrogens (tertiary/aromatic N) is 1. The number of aryl methyl sites for hydroxylation is 1. The van der Waals surface area contributed by atoms with Crippen LogP contribution in [-0.2, 0) is 0 Å². The summed E-state index contributed by atoms with van der Waals surface area (Å²) in [6, 6.07) is 3.26. The van der Waals surface area contributed by atoms with Crippen molar-refractivity contribution in [2.75, 3.05) is 11.9 Å².